The van der Waals surface area contributed by atoms with Crippen molar-refractivity contribution in [2.45, 2.75) is 12.8 Å². The first-order valence-electron chi connectivity index (χ1n) is 8.34. The molecule has 0 radical (unpaired) electrons. The van der Waals surface area contributed by atoms with Crippen molar-refractivity contribution < 1.29 is 4.79 Å². The number of hydrogen-bond donors (Lipinski definition) is 0. The van der Waals surface area contributed by atoms with Crippen molar-refractivity contribution in [1.82, 2.24) is 19.8 Å². The number of anilines is 1. The number of carbonyl (C=O) groups is 1. The molecule has 1 aromatic rings. The van der Waals surface area contributed by atoms with Gasteiger partial charge < -0.3 is 14.7 Å². The molecule has 0 unspecified atom stereocenters. The third kappa shape index (κ3) is 2.56. The van der Waals surface area contributed by atoms with E-state index in [1.807, 2.05) is 6.07 Å². The monoisotopic (exact) mass is 301 g/mol. The Morgan fingerprint density at radius 1 is 1.05 bits per heavy atom. The third-order valence-electron chi connectivity index (χ3n) is 5.24. The topological polar surface area (TPSA) is 52.6 Å². The average Bonchev–Trinajstić information content (AvgIpc) is 3.25. The molecule has 22 heavy (non-hydrogen) atoms. The van der Waals surface area contributed by atoms with Crippen LogP contribution in [0.5, 0.6) is 0 Å². The minimum atomic E-state index is 0.141. The van der Waals surface area contributed by atoms with Gasteiger partial charge in [0.15, 0.2) is 0 Å². The van der Waals surface area contributed by atoms with Crippen molar-refractivity contribution in [3.63, 3.8) is 0 Å². The standard InChI is InChI=1S/C16H23N5O/c22-15-14-12-21(16-17-4-3-5-18-16)11-13(14)10-20(15)9-8-19-6-1-2-7-19/h3-5,13-14H,1-2,6-12H2/t13-,14+/m1/s1. The predicted octanol–water partition coefficient (Wildman–Crippen LogP) is 0.467. The second-order valence-electron chi connectivity index (χ2n) is 6.65. The lowest BCUT2D eigenvalue weighted by Crippen LogP contribution is -2.38. The van der Waals surface area contributed by atoms with Crippen LogP contribution in [0.15, 0.2) is 18.5 Å². The molecule has 6 heteroatoms. The van der Waals surface area contributed by atoms with Gasteiger partial charge in [-0.2, -0.15) is 0 Å². The van der Waals surface area contributed by atoms with Crippen LogP contribution in [0.4, 0.5) is 5.95 Å². The Labute approximate surface area is 131 Å². The molecule has 1 amide bonds. The van der Waals surface area contributed by atoms with Gasteiger partial charge in [0.05, 0.1) is 5.92 Å². The van der Waals surface area contributed by atoms with Crippen LogP contribution in [0.2, 0.25) is 0 Å². The molecule has 0 aliphatic carbocycles. The predicted molar refractivity (Wildman–Crippen MR) is 83.5 cm³/mol. The summed E-state index contributed by atoms with van der Waals surface area (Å²) < 4.78 is 0. The molecular weight excluding hydrogens is 278 g/mol. The van der Waals surface area contributed by atoms with Crippen molar-refractivity contribution >= 4 is 11.9 Å². The summed E-state index contributed by atoms with van der Waals surface area (Å²) in [4.78, 5) is 27.9. The lowest BCUT2D eigenvalue weighted by Gasteiger charge is -2.24. The molecule has 4 rings (SSSR count). The maximum Gasteiger partial charge on any atom is 0.227 e. The first kappa shape index (κ1) is 13.9. The van der Waals surface area contributed by atoms with Crippen molar-refractivity contribution in [2.75, 3.05) is 50.7 Å². The molecule has 118 valence electrons. The lowest BCUT2D eigenvalue weighted by atomic mass is 10.0. The summed E-state index contributed by atoms with van der Waals surface area (Å²) in [6.45, 7) is 6.92. The molecule has 4 heterocycles. The molecule has 3 aliphatic heterocycles. The van der Waals surface area contributed by atoms with Crippen LogP contribution in [-0.4, -0.2) is 71.5 Å². The van der Waals surface area contributed by atoms with Gasteiger partial charge in [0.1, 0.15) is 0 Å². The van der Waals surface area contributed by atoms with Crippen LogP contribution in [0, 0.1) is 11.8 Å². The van der Waals surface area contributed by atoms with Gasteiger partial charge in [0.25, 0.3) is 0 Å². The molecule has 0 bridgehead atoms. The minimum Gasteiger partial charge on any atom is -0.341 e. The highest BCUT2D eigenvalue weighted by Gasteiger charge is 2.46. The van der Waals surface area contributed by atoms with Gasteiger partial charge in [0, 0.05) is 51.0 Å². The largest absolute Gasteiger partial charge is 0.341 e. The summed E-state index contributed by atoms with van der Waals surface area (Å²) in [5.74, 6) is 1.67. The number of fused-ring (bicyclic) bond motifs is 1. The number of hydrogen-bond acceptors (Lipinski definition) is 5. The molecule has 1 aromatic heterocycles. The van der Waals surface area contributed by atoms with Gasteiger partial charge in [-0.15, -0.1) is 0 Å². The van der Waals surface area contributed by atoms with Crippen LogP contribution in [-0.2, 0) is 4.79 Å². The fourth-order valence-corrected chi connectivity index (χ4v) is 4.03. The van der Waals surface area contributed by atoms with Gasteiger partial charge in [0.2, 0.25) is 11.9 Å². The zero-order valence-electron chi connectivity index (χ0n) is 12.9. The second-order valence-corrected chi connectivity index (χ2v) is 6.65. The lowest BCUT2D eigenvalue weighted by molar-refractivity contribution is -0.130. The number of likely N-dealkylation sites (tertiary alicyclic amines) is 2. The van der Waals surface area contributed by atoms with E-state index in [9.17, 15) is 4.79 Å². The van der Waals surface area contributed by atoms with Crippen molar-refractivity contribution in [1.29, 1.82) is 0 Å². The van der Waals surface area contributed by atoms with Crippen LogP contribution in [0.1, 0.15) is 12.8 Å². The van der Waals surface area contributed by atoms with Crippen LogP contribution in [0.3, 0.4) is 0 Å². The number of nitrogens with zero attached hydrogens (tertiary/aromatic N) is 5. The van der Waals surface area contributed by atoms with Gasteiger partial charge in [-0.3, -0.25) is 4.79 Å². The van der Waals surface area contributed by atoms with E-state index in [0.29, 0.717) is 11.8 Å². The summed E-state index contributed by atoms with van der Waals surface area (Å²) in [6, 6.07) is 1.83. The maximum atomic E-state index is 12.6. The van der Waals surface area contributed by atoms with Crippen molar-refractivity contribution in [3.05, 3.63) is 18.5 Å². The van der Waals surface area contributed by atoms with Crippen LogP contribution >= 0.6 is 0 Å². The minimum absolute atomic E-state index is 0.141. The Morgan fingerprint density at radius 2 is 1.82 bits per heavy atom. The van der Waals surface area contributed by atoms with Gasteiger partial charge in [-0.25, -0.2) is 9.97 Å². The van der Waals surface area contributed by atoms with E-state index in [1.165, 1.54) is 25.9 Å². The zero-order valence-corrected chi connectivity index (χ0v) is 12.9. The highest BCUT2D eigenvalue weighted by atomic mass is 16.2. The first-order chi connectivity index (χ1) is 10.8. The van der Waals surface area contributed by atoms with Gasteiger partial charge in [-0.05, 0) is 32.0 Å². The number of amides is 1. The summed E-state index contributed by atoms with van der Waals surface area (Å²) in [6.07, 6.45) is 6.15. The Kier molecular flexibility index (Phi) is 3.70. The fraction of sp³-hybridized carbons (Fsp3) is 0.688. The van der Waals surface area contributed by atoms with E-state index in [-0.39, 0.29) is 5.92 Å². The van der Waals surface area contributed by atoms with E-state index in [2.05, 4.69) is 24.7 Å². The molecule has 0 aromatic carbocycles. The summed E-state index contributed by atoms with van der Waals surface area (Å²) in [7, 11) is 0. The van der Waals surface area contributed by atoms with E-state index in [0.717, 1.165) is 38.7 Å². The molecule has 6 nitrogen and oxygen atoms in total. The zero-order chi connectivity index (χ0) is 14.9. The Hall–Kier alpha value is -1.69. The fourth-order valence-electron chi connectivity index (χ4n) is 4.03. The van der Waals surface area contributed by atoms with E-state index in [4.69, 9.17) is 0 Å². The number of rotatable bonds is 4. The second kappa shape index (κ2) is 5.83. The SMILES string of the molecule is O=C1[C@H]2CN(c3ncccn3)C[C@H]2CN1CCN1CCCC1. The average molecular weight is 301 g/mol. The summed E-state index contributed by atoms with van der Waals surface area (Å²) in [5.41, 5.74) is 0. The molecule has 3 fully saturated rings. The summed E-state index contributed by atoms with van der Waals surface area (Å²) >= 11 is 0. The third-order valence-corrected chi connectivity index (χ3v) is 5.24. The molecule has 3 aliphatic rings. The molecule has 0 N–H and O–H groups in total. The molecule has 3 saturated heterocycles. The maximum absolute atomic E-state index is 12.6. The van der Waals surface area contributed by atoms with Crippen LogP contribution in [0.25, 0.3) is 0 Å². The summed E-state index contributed by atoms with van der Waals surface area (Å²) in [5, 5.41) is 0. The molecule has 2 atom stereocenters. The van der Waals surface area contributed by atoms with E-state index in [1.54, 1.807) is 12.4 Å². The smallest absolute Gasteiger partial charge is 0.227 e. The molecule has 0 spiro atoms. The van der Waals surface area contributed by atoms with Crippen molar-refractivity contribution in [2.24, 2.45) is 11.8 Å². The van der Waals surface area contributed by atoms with Crippen LogP contribution < -0.4 is 4.90 Å². The van der Waals surface area contributed by atoms with Gasteiger partial charge in [-0.1, -0.05) is 0 Å². The van der Waals surface area contributed by atoms with Crippen molar-refractivity contribution in [3.8, 4) is 0 Å². The Morgan fingerprint density at radius 3 is 2.55 bits per heavy atom. The number of aromatic nitrogens is 2. The highest BCUT2D eigenvalue weighted by Crippen LogP contribution is 2.33. The quantitative estimate of drug-likeness (QED) is 0.809. The van der Waals surface area contributed by atoms with E-state index >= 15 is 0 Å². The molecule has 0 saturated carbocycles. The molecular formula is C16H23N5O. The van der Waals surface area contributed by atoms with Gasteiger partial charge >= 0.3 is 0 Å². The normalized spacial score (nSPS) is 28.6. The first-order valence-corrected chi connectivity index (χ1v) is 8.34. The van der Waals surface area contributed by atoms with E-state index < -0.39 is 0 Å². The Balaban J connectivity index is 1.34. The highest BCUT2D eigenvalue weighted by molar-refractivity contribution is 5.83. The Bertz CT molecular complexity index is 531. The number of carbonyl (C=O) groups excluding carboxylic acids is 1.